The Morgan fingerprint density at radius 3 is 2.65 bits per heavy atom. The standard InChI is InChI=1S/C17H31N3O3/c1-18-7-3-8-19(12-11-18)14-16(22)20-9-5-17(6-10-20)15(21)4-2-13-23-17/h15,21H,2-14H2,1H3. The Morgan fingerprint density at radius 2 is 1.91 bits per heavy atom. The smallest absolute Gasteiger partial charge is 0.236 e. The van der Waals surface area contributed by atoms with E-state index in [1.807, 2.05) is 4.90 Å². The highest BCUT2D eigenvalue weighted by Gasteiger charge is 2.44. The third-order valence-electron chi connectivity index (χ3n) is 5.75. The van der Waals surface area contributed by atoms with Gasteiger partial charge in [-0.25, -0.2) is 0 Å². The fourth-order valence-corrected chi connectivity index (χ4v) is 4.07. The fourth-order valence-electron chi connectivity index (χ4n) is 4.07. The minimum absolute atomic E-state index is 0.231. The van der Waals surface area contributed by atoms with Gasteiger partial charge in [-0.05, 0) is 52.2 Å². The first-order valence-corrected chi connectivity index (χ1v) is 9.10. The lowest BCUT2D eigenvalue weighted by Crippen LogP contribution is -2.57. The molecule has 3 fully saturated rings. The lowest BCUT2D eigenvalue weighted by atomic mass is 9.82. The van der Waals surface area contributed by atoms with Crippen molar-refractivity contribution in [1.82, 2.24) is 14.7 Å². The molecule has 1 atom stereocenters. The summed E-state index contributed by atoms with van der Waals surface area (Å²) in [5, 5.41) is 10.3. The number of hydrogen-bond acceptors (Lipinski definition) is 5. The van der Waals surface area contributed by atoms with Crippen LogP contribution in [0.5, 0.6) is 0 Å². The number of amides is 1. The average Bonchev–Trinajstić information content (AvgIpc) is 2.76. The van der Waals surface area contributed by atoms with Crippen LogP contribution in [-0.4, -0.2) is 96.9 Å². The molecule has 1 unspecified atom stereocenters. The maximum absolute atomic E-state index is 12.6. The number of aliphatic hydroxyl groups excluding tert-OH is 1. The SMILES string of the molecule is CN1CCCN(CC(=O)N2CCC3(CC2)OCCCC3O)CC1. The van der Waals surface area contributed by atoms with E-state index in [1.54, 1.807) is 0 Å². The number of ether oxygens (including phenoxy) is 1. The largest absolute Gasteiger partial charge is 0.390 e. The Kier molecular flexibility index (Phi) is 5.57. The number of aliphatic hydroxyl groups is 1. The van der Waals surface area contributed by atoms with Crippen LogP contribution >= 0.6 is 0 Å². The molecule has 0 aliphatic carbocycles. The molecule has 3 aliphatic rings. The van der Waals surface area contributed by atoms with Crippen LogP contribution in [0.15, 0.2) is 0 Å². The minimum Gasteiger partial charge on any atom is -0.390 e. The number of carbonyl (C=O) groups excluding carboxylic acids is 1. The Labute approximate surface area is 139 Å². The van der Waals surface area contributed by atoms with Gasteiger partial charge < -0.3 is 19.6 Å². The minimum atomic E-state index is -0.389. The molecule has 3 aliphatic heterocycles. The summed E-state index contributed by atoms with van der Waals surface area (Å²) in [5.41, 5.74) is -0.389. The molecule has 0 bridgehead atoms. The molecule has 1 N–H and O–H groups in total. The van der Waals surface area contributed by atoms with Crippen LogP contribution in [0.25, 0.3) is 0 Å². The van der Waals surface area contributed by atoms with Crippen LogP contribution in [-0.2, 0) is 9.53 Å². The molecule has 6 heteroatoms. The molecule has 6 nitrogen and oxygen atoms in total. The van der Waals surface area contributed by atoms with E-state index >= 15 is 0 Å². The highest BCUT2D eigenvalue weighted by molar-refractivity contribution is 5.78. The summed E-state index contributed by atoms with van der Waals surface area (Å²) < 4.78 is 5.92. The molecule has 0 aromatic carbocycles. The van der Waals surface area contributed by atoms with Crippen LogP contribution in [0.1, 0.15) is 32.1 Å². The second kappa shape index (κ2) is 7.47. The van der Waals surface area contributed by atoms with Crippen molar-refractivity contribution in [2.75, 3.05) is 59.5 Å². The molecule has 3 heterocycles. The molecule has 1 amide bonds. The van der Waals surface area contributed by atoms with Crippen molar-refractivity contribution in [3.05, 3.63) is 0 Å². The predicted molar refractivity (Wildman–Crippen MR) is 88.3 cm³/mol. The summed E-state index contributed by atoms with van der Waals surface area (Å²) in [6.07, 6.45) is 4.07. The Bertz CT molecular complexity index is 410. The highest BCUT2D eigenvalue weighted by Crippen LogP contribution is 2.35. The van der Waals surface area contributed by atoms with Crippen LogP contribution in [0.4, 0.5) is 0 Å². The molecule has 3 rings (SSSR count). The Balaban J connectivity index is 1.48. The van der Waals surface area contributed by atoms with E-state index in [0.717, 1.165) is 64.9 Å². The number of carbonyl (C=O) groups is 1. The van der Waals surface area contributed by atoms with Gasteiger partial charge in [-0.15, -0.1) is 0 Å². The molecule has 0 aromatic rings. The van der Waals surface area contributed by atoms with Crippen LogP contribution < -0.4 is 0 Å². The number of hydrogen-bond donors (Lipinski definition) is 1. The first-order chi connectivity index (χ1) is 11.1. The number of likely N-dealkylation sites (N-methyl/N-ethyl adjacent to an activating group) is 1. The van der Waals surface area contributed by atoms with Crippen molar-refractivity contribution < 1.29 is 14.6 Å². The van der Waals surface area contributed by atoms with Gasteiger partial charge in [0.25, 0.3) is 0 Å². The van der Waals surface area contributed by atoms with Crippen molar-refractivity contribution in [3.63, 3.8) is 0 Å². The average molecular weight is 325 g/mol. The zero-order valence-electron chi connectivity index (χ0n) is 14.4. The van der Waals surface area contributed by atoms with Crippen molar-refractivity contribution in [2.24, 2.45) is 0 Å². The monoisotopic (exact) mass is 325 g/mol. The van der Waals surface area contributed by atoms with Crippen molar-refractivity contribution in [1.29, 1.82) is 0 Å². The number of nitrogens with zero attached hydrogens (tertiary/aromatic N) is 3. The third kappa shape index (κ3) is 4.05. The van der Waals surface area contributed by atoms with E-state index in [0.29, 0.717) is 19.6 Å². The first-order valence-electron chi connectivity index (χ1n) is 9.10. The Morgan fingerprint density at radius 1 is 1.13 bits per heavy atom. The summed E-state index contributed by atoms with van der Waals surface area (Å²) in [6, 6.07) is 0. The molecule has 132 valence electrons. The molecular formula is C17H31N3O3. The molecule has 23 heavy (non-hydrogen) atoms. The van der Waals surface area contributed by atoms with Crippen molar-refractivity contribution >= 4 is 5.91 Å². The van der Waals surface area contributed by atoms with Crippen LogP contribution in [0, 0.1) is 0 Å². The van der Waals surface area contributed by atoms with E-state index in [2.05, 4.69) is 16.8 Å². The van der Waals surface area contributed by atoms with E-state index in [9.17, 15) is 9.90 Å². The summed E-state index contributed by atoms with van der Waals surface area (Å²) in [5.74, 6) is 0.231. The number of rotatable bonds is 2. The summed E-state index contributed by atoms with van der Waals surface area (Å²) in [7, 11) is 2.14. The Hall–Kier alpha value is -0.690. The highest BCUT2D eigenvalue weighted by atomic mass is 16.5. The normalized spacial score (nSPS) is 30.3. The van der Waals surface area contributed by atoms with Crippen LogP contribution in [0.2, 0.25) is 0 Å². The van der Waals surface area contributed by atoms with Gasteiger partial charge in [0.1, 0.15) is 0 Å². The number of piperidine rings is 1. The summed E-state index contributed by atoms with van der Waals surface area (Å²) in [4.78, 5) is 19.2. The van der Waals surface area contributed by atoms with Gasteiger partial charge in [-0.2, -0.15) is 0 Å². The second-order valence-corrected chi connectivity index (χ2v) is 7.39. The lowest BCUT2D eigenvalue weighted by Gasteiger charge is -2.46. The first kappa shape index (κ1) is 17.1. The molecule has 1 spiro atoms. The second-order valence-electron chi connectivity index (χ2n) is 7.39. The van der Waals surface area contributed by atoms with E-state index in [1.165, 1.54) is 0 Å². The van der Waals surface area contributed by atoms with Gasteiger partial charge in [-0.3, -0.25) is 9.69 Å². The van der Waals surface area contributed by atoms with Crippen LogP contribution in [0.3, 0.4) is 0 Å². The van der Waals surface area contributed by atoms with Crippen molar-refractivity contribution in [2.45, 2.75) is 43.8 Å². The maximum atomic E-state index is 12.6. The summed E-state index contributed by atoms with van der Waals surface area (Å²) in [6.45, 7) is 6.84. The molecule has 0 aromatic heterocycles. The quantitative estimate of drug-likeness (QED) is 0.784. The van der Waals surface area contributed by atoms with E-state index in [-0.39, 0.29) is 17.6 Å². The van der Waals surface area contributed by atoms with Gasteiger partial charge in [0.2, 0.25) is 5.91 Å². The maximum Gasteiger partial charge on any atom is 0.236 e. The lowest BCUT2D eigenvalue weighted by molar-refractivity contribution is -0.180. The fraction of sp³-hybridized carbons (Fsp3) is 0.941. The van der Waals surface area contributed by atoms with Gasteiger partial charge in [-0.1, -0.05) is 0 Å². The molecule has 0 radical (unpaired) electrons. The predicted octanol–water partition coefficient (Wildman–Crippen LogP) is 0.156. The topological polar surface area (TPSA) is 56.2 Å². The van der Waals surface area contributed by atoms with E-state index in [4.69, 9.17) is 4.74 Å². The molecule has 3 saturated heterocycles. The van der Waals surface area contributed by atoms with Gasteiger partial charge >= 0.3 is 0 Å². The van der Waals surface area contributed by atoms with Gasteiger partial charge in [0, 0.05) is 32.8 Å². The van der Waals surface area contributed by atoms with Gasteiger partial charge in [0.15, 0.2) is 0 Å². The zero-order chi connectivity index (χ0) is 16.3. The van der Waals surface area contributed by atoms with Crippen molar-refractivity contribution in [3.8, 4) is 0 Å². The molecular weight excluding hydrogens is 294 g/mol. The number of likely N-dealkylation sites (tertiary alicyclic amines) is 1. The zero-order valence-corrected chi connectivity index (χ0v) is 14.4. The summed E-state index contributed by atoms with van der Waals surface area (Å²) >= 11 is 0. The van der Waals surface area contributed by atoms with E-state index < -0.39 is 0 Å². The molecule has 0 saturated carbocycles. The third-order valence-corrected chi connectivity index (χ3v) is 5.75. The van der Waals surface area contributed by atoms with Gasteiger partial charge in [0.05, 0.1) is 18.2 Å².